The van der Waals surface area contributed by atoms with Gasteiger partial charge in [0, 0.05) is 20.1 Å². The summed E-state index contributed by atoms with van der Waals surface area (Å²) < 4.78 is 0. The number of aliphatic hydroxyl groups excluding tert-OH is 1. The number of hydrogen-bond donors (Lipinski definition) is 1. The van der Waals surface area contributed by atoms with Crippen molar-refractivity contribution < 1.29 is 9.90 Å². The summed E-state index contributed by atoms with van der Waals surface area (Å²) in [6, 6.07) is 7.92. The van der Waals surface area contributed by atoms with Crippen LogP contribution in [0.2, 0.25) is 0 Å². The largest absolute Gasteiger partial charge is 0.393 e. The first-order valence-electron chi connectivity index (χ1n) is 5.88. The van der Waals surface area contributed by atoms with E-state index in [4.69, 9.17) is 0 Å². The van der Waals surface area contributed by atoms with Crippen molar-refractivity contribution in [3.63, 3.8) is 0 Å². The average molecular weight is 234 g/mol. The number of anilines is 1. The fraction of sp³-hybridized carbons (Fsp3) is 0.462. The van der Waals surface area contributed by atoms with E-state index in [9.17, 15) is 9.90 Å². The average Bonchev–Trinajstić information content (AvgIpc) is 2.29. The van der Waals surface area contributed by atoms with Crippen LogP contribution in [0.25, 0.3) is 0 Å². The number of amides is 2. The van der Waals surface area contributed by atoms with Crippen LogP contribution in [0.5, 0.6) is 0 Å². The molecular formula is C13H18N2O2. The summed E-state index contributed by atoms with van der Waals surface area (Å²) in [6.45, 7) is 2.95. The summed E-state index contributed by atoms with van der Waals surface area (Å²) in [6.07, 6.45) is 0.204. The van der Waals surface area contributed by atoms with E-state index in [-0.39, 0.29) is 12.1 Å². The van der Waals surface area contributed by atoms with Gasteiger partial charge >= 0.3 is 6.03 Å². The van der Waals surface area contributed by atoms with Crippen molar-refractivity contribution in [3.05, 3.63) is 29.8 Å². The van der Waals surface area contributed by atoms with Crippen LogP contribution in [0.4, 0.5) is 10.5 Å². The van der Waals surface area contributed by atoms with E-state index in [2.05, 4.69) is 0 Å². The molecule has 1 aromatic rings. The molecule has 1 aliphatic heterocycles. The van der Waals surface area contributed by atoms with Crippen molar-refractivity contribution in [3.8, 4) is 0 Å². The van der Waals surface area contributed by atoms with Crippen LogP contribution < -0.4 is 4.90 Å². The van der Waals surface area contributed by atoms with Gasteiger partial charge in [-0.3, -0.25) is 4.90 Å². The number of benzene rings is 1. The number of fused-ring (bicyclic) bond motifs is 1. The topological polar surface area (TPSA) is 43.8 Å². The van der Waals surface area contributed by atoms with Gasteiger partial charge in [0.25, 0.3) is 0 Å². The Kier molecular flexibility index (Phi) is 3.33. The molecule has 1 atom stereocenters. The Hall–Kier alpha value is -1.55. The summed E-state index contributed by atoms with van der Waals surface area (Å²) >= 11 is 0. The van der Waals surface area contributed by atoms with Crippen molar-refractivity contribution in [2.45, 2.75) is 26.0 Å². The number of hydrogen-bond acceptors (Lipinski definition) is 2. The monoisotopic (exact) mass is 234 g/mol. The van der Waals surface area contributed by atoms with Crippen LogP contribution >= 0.6 is 0 Å². The minimum Gasteiger partial charge on any atom is -0.393 e. The van der Waals surface area contributed by atoms with Gasteiger partial charge in [0.1, 0.15) is 0 Å². The summed E-state index contributed by atoms with van der Waals surface area (Å²) in [5.74, 6) is 0. The zero-order chi connectivity index (χ0) is 12.4. The lowest BCUT2D eigenvalue weighted by atomic mass is 10.1. The van der Waals surface area contributed by atoms with Gasteiger partial charge in [-0.05, 0) is 25.0 Å². The van der Waals surface area contributed by atoms with Crippen molar-refractivity contribution in [1.82, 2.24) is 4.90 Å². The predicted octanol–water partition coefficient (Wildman–Crippen LogP) is 1.83. The number of rotatable bonds is 3. The van der Waals surface area contributed by atoms with Gasteiger partial charge in [0.2, 0.25) is 0 Å². The molecule has 0 saturated heterocycles. The van der Waals surface area contributed by atoms with E-state index in [1.54, 1.807) is 23.8 Å². The maximum atomic E-state index is 12.1. The molecule has 0 spiro atoms. The van der Waals surface area contributed by atoms with E-state index in [1.807, 2.05) is 24.3 Å². The number of urea groups is 1. The van der Waals surface area contributed by atoms with Gasteiger partial charge in [0.05, 0.1) is 11.8 Å². The zero-order valence-corrected chi connectivity index (χ0v) is 10.3. The lowest BCUT2D eigenvalue weighted by Gasteiger charge is -2.35. The fourth-order valence-electron chi connectivity index (χ4n) is 2.07. The summed E-state index contributed by atoms with van der Waals surface area (Å²) in [5.41, 5.74) is 2.12. The van der Waals surface area contributed by atoms with Gasteiger partial charge in [0.15, 0.2) is 0 Å². The van der Waals surface area contributed by atoms with Crippen molar-refractivity contribution in [2.75, 3.05) is 18.5 Å². The highest BCUT2D eigenvalue weighted by atomic mass is 16.3. The fourth-order valence-corrected chi connectivity index (χ4v) is 2.07. The van der Waals surface area contributed by atoms with Gasteiger partial charge in [-0.15, -0.1) is 0 Å². The summed E-state index contributed by atoms with van der Waals surface area (Å²) in [4.78, 5) is 15.5. The minimum atomic E-state index is -0.387. The smallest absolute Gasteiger partial charge is 0.324 e. The van der Waals surface area contributed by atoms with E-state index < -0.39 is 0 Å². The van der Waals surface area contributed by atoms with Gasteiger partial charge in [-0.2, -0.15) is 0 Å². The first-order chi connectivity index (χ1) is 8.09. The molecular weight excluding hydrogens is 216 g/mol. The number of para-hydroxylation sites is 1. The molecule has 0 fully saturated rings. The van der Waals surface area contributed by atoms with Crippen molar-refractivity contribution in [1.29, 1.82) is 0 Å². The molecule has 4 heteroatoms. The molecule has 0 aliphatic carbocycles. The number of aliphatic hydroxyl groups is 1. The minimum absolute atomic E-state index is 0.00403. The second-order valence-electron chi connectivity index (χ2n) is 4.56. The predicted molar refractivity (Wildman–Crippen MR) is 66.9 cm³/mol. The van der Waals surface area contributed by atoms with Crippen LogP contribution in [-0.2, 0) is 6.54 Å². The van der Waals surface area contributed by atoms with Crippen LogP contribution in [0.15, 0.2) is 24.3 Å². The molecule has 0 radical (unpaired) electrons. The molecule has 1 N–H and O–H groups in total. The third-order valence-electron chi connectivity index (χ3n) is 3.02. The standard InChI is InChI=1S/C13H18N2O2/c1-10(16)7-8-15-12-6-4-3-5-11(12)9-14(2)13(15)17/h3-6,10,16H,7-9H2,1-2H3. The highest BCUT2D eigenvalue weighted by Gasteiger charge is 2.27. The van der Waals surface area contributed by atoms with Gasteiger partial charge in [-0.25, -0.2) is 4.79 Å². The molecule has 2 amide bonds. The Morgan fingerprint density at radius 2 is 2.12 bits per heavy atom. The molecule has 4 nitrogen and oxygen atoms in total. The molecule has 0 aromatic heterocycles. The highest BCUT2D eigenvalue weighted by molar-refractivity contribution is 5.94. The number of nitrogens with zero attached hydrogens (tertiary/aromatic N) is 2. The van der Waals surface area contributed by atoms with Crippen molar-refractivity contribution in [2.24, 2.45) is 0 Å². The summed E-state index contributed by atoms with van der Waals surface area (Å²) in [5, 5.41) is 9.33. The number of carbonyl (C=O) groups excluding carboxylic acids is 1. The molecule has 17 heavy (non-hydrogen) atoms. The lowest BCUT2D eigenvalue weighted by Crippen LogP contribution is -2.46. The Labute approximate surface area is 101 Å². The van der Waals surface area contributed by atoms with Crippen LogP contribution in [0.3, 0.4) is 0 Å². The maximum absolute atomic E-state index is 12.1. The second-order valence-corrected chi connectivity index (χ2v) is 4.56. The van der Waals surface area contributed by atoms with E-state index in [1.165, 1.54) is 0 Å². The van der Waals surface area contributed by atoms with E-state index in [0.29, 0.717) is 19.5 Å². The van der Waals surface area contributed by atoms with Gasteiger partial charge in [-0.1, -0.05) is 18.2 Å². The SMILES string of the molecule is CC(O)CCN1C(=O)N(C)Cc2ccccc21. The van der Waals surface area contributed by atoms with Gasteiger partial charge < -0.3 is 10.0 Å². The quantitative estimate of drug-likeness (QED) is 0.867. The van der Waals surface area contributed by atoms with Crippen LogP contribution in [0.1, 0.15) is 18.9 Å². The molecule has 1 unspecified atom stereocenters. The molecule has 2 rings (SSSR count). The van der Waals surface area contributed by atoms with E-state index in [0.717, 1.165) is 11.3 Å². The first-order valence-corrected chi connectivity index (χ1v) is 5.88. The summed E-state index contributed by atoms with van der Waals surface area (Å²) in [7, 11) is 1.80. The lowest BCUT2D eigenvalue weighted by molar-refractivity contribution is 0.182. The van der Waals surface area contributed by atoms with Crippen LogP contribution in [-0.4, -0.2) is 35.7 Å². The third kappa shape index (κ3) is 2.42. The molecule has 0 saturated carbocycles. The van der Waals surface area contributed by atoms with Crippen molar-refractivity contribution >= 4 is 11.7 Å². The Bertz CT molecular complexity index is 418. The highest BCUT2D eigenvalue weighted by Crippen LogP contribution is 2.27. The molecule has 1 heterocycles. The second kappa shape index (κ2) is 4.75. The molecule has 1 aromatic carbocycles. The Morgan fingerprint density at radius 1 is 1.41 bits per heavy atom. The third-order valence-corrected chi connectivity index (χ3v) is 3.02. The molecule has 1 aliphatic rings. The number of carbonyl (C=O) groups is 1. The Balaban J connectivity index is 2.26. The first kappa shape index (κ1) is 11.9. The van der Waals surface area contributed by atoms with E-state index >= 15 is 0 Å². The zero-order valence-electron chi connectivity index (χ0n) is 10.3. The Morgan fingerprint density at radius 3 is 2.82 bits per heavy atom. The molecule has 92 valence electrons. The maximum Gasteiger partial charge on any atom is 0.324 e. The molecule has 0 bridgehead atoms. The van der Waals surface area contributed by atoms with Crippen LogP contribution in [0, 0.1) is 0 Å². The normalized spacial score (nSPS) is 17.0.